The van der Waals surface area contributed by atoms with E-state index >= 15 is 0 Å². The van der Waals surface area contributed by atoms with Gasteiger partial charge in [0.2, 0.25) is 5.91 Å². The van der Waals surface area contributed by atoms with E-state index in [1.54, 1.807) is 12.1 Å². The van der Waals surface area contributed by atoms with Gasteiger partial charge in [-0.05, 0) is 30.2 Å². The Morgan fingerprint density at radius 1 is 1.18 bits per heavy atom. The Morgan fingerprint density at radius 2 is 1.96 bits per heavy atom. The van der Waals surface area contributed by atoms with Crippen LogP contribution >= 0.6 is 11.6 Å². The van der Waals surface area contributed by atoms with Crippen molar-refractivity contribution >= 4 is 29.4 Å². The van der Waals surface area contributed by atoms with Crippen LogP contribution < -0.4 is 5.43 Å². The fraction of sp³-hybridized carbons (Fsp3) is 0.100. The number of nitrogens with one attached hydrogen (secondary N) is 1. The molecule has 1 amide bonds. The van der Waals surface area contributed by atoms with Crippen LogP contribution in [0.15, 0.2) is 70.2 Å². The monoisotopic (exact) mass is 397 g/mol. The van der Waals surface area contributed by atoms with Gasteiger partial charge in [0.05, 0.1) is 16.2 Å². The minimum atomic E-state index is -0.518. The number of amides is 1. The van der Waals surface area contributed by atoms with Gasteiger partial charge >= 0.3 is 0 Å². The van der Waals surface area contributed by atoms with Gasteiger partial charge in [-0.1, -0.05) is 41.9 Å². The maximum atomic E-state index is 11.8. The van der Waals surface area contributed by atoms with Crippen molar-refractivity contribution in [3.8, 4) is 11.3 Å². The number of aryl methyl sites for hydroxylation is 1. The maximum absolute atomic E-state index is 11.8. The van der Waals surface area contributed by atoms with Crippen molar-refractivity contribution in [2.75, 3.05) is 0 Å². The van der Waals surface area contributed by atoms with Crippen LogP contribution in [0.3, 0.4) is 0 Å². The van der Waals surface area contributed by atoms with Crippen molar-refractivity contribution in [3.05, 3.63) is 87.1 Å². The minimum absolute atomic E-state index is 0.0969. The molecule has 0 aliphatic carbocycles. The molecule has 142 valence electrons. The van der Waals surface area contributed by atoms with Crippen LogP contribution in [0.1, 0.15) is 17.7 Å². The molecule has 28 heavy (non-hydrogen) atoms. The van der Waals surface area contributed by atoms with Crippen molar-refractivity contribution in [2.45, 2.75) is 12.8 Å². The third-order valence-electron chi connectivity index (χ3n) is 3.92. The highest BCUT2D eigenvalue weighted by Crippen LogP contribution is 2.31. The number of nitrogens with zero attached hydrogens (tertiary/aromatic N) is 2. The third kappa shape index (κ3) is 5.05. The number of carbonyl (C=O) groups excluding carboxylic acids is 1. The van der Waals surface area contributed by atoms with Crippen LogP contribution in [0, 0.1) is 10.1 Å². The van der Waals surface area contributed by atoms with Crippen LogP contribution in [-0.4, -0.2) is 17.0 Å². The fourth-order valence-corrected chi connectivity index (χ4v) is 2.78. The highest BCUT2D eigenvalue weighted by atomic mass is 35.5. The maximum Gasteiger partial charge on any atom is 0.270 e. The molecule has 0 aliphatic rings. The predicted molar refractivity (Wildman–Crippen MR) is 106 cm³/mol. The topological polar surface area (TPSA) is 97.7 Å². The Hall–Kier alpha value is -3.45. The van der Waals surface area contributed by atoms with Gasteiger partial charge in [-0.25, -0.2) is 5.43 Å². The molecule has 0 fully saturated rings. The van der Waals surface area contributed by atoms with Crippen molar-refractivity contribution < 1.29 is 14.1 Å². The average Bonchev–Trinajstić information content (AvgIpc) is 3.15. The first kappa shape index (κ1) is 19.3. The van der Waals surface area contributed by atoms with Gasteiger partial charge < -0.3 is 4.42 Å². The molecule has 1 heterocycles. The largest absolute Gasteiger partial charge is 0.455 e. The molecule has 2 aromatic carbocycles. The van der Waals surface area contributed by atoms with E-state index in [-0.39, 0.29) is 16.6 Å². The molecule has 3 aromatic rings. The van der Waals surface area contributed by atoms with Gasteiger partial charge in [0.1, 0.15) is 11.5 Å². The van der Waals surface area contributed by atoms with Crippen molar-refractivity contribution in [2.24, 2.45) is 5.10 Å². The summed E-state index contributed by atoms with van der Waals surface area (Å²) in [6.45, 7) is 0. The molecule has 0 saturated heterocycles. The van der Waals surface area contributed by atoms with Crippen molar-refractivity contribution in [1.29, 1.82) is 0 Å². The number of hydrogen-bond acceptors (Lipinski definition) is 5. The molecule has 0 saturated carbocycles. The molecule has 8 heteroatoms. The Bertz CT molecular complexity index is 1020. The van der Waals surface area contributed by atoms with E-state index in [1.807, 2.05) is 30.3 Å². The summed E-state index contributed by atoms with van der Waals surface area (Å²) in [5, 5.41) is 14.9. The van der Waals surface area contributed by atoms with Gasteiger partial charge in [-0.2, -0.15) is 5.10 Å². The van der Waals surface area contributed by atoms with Crippen LogP contribution in [0.5, 0.6) is 0 Å². The van der Waals surface area contributed by atoms with E-state index in [9.17, 15) is 14.9 Å². The summed E-state index contributed by atoms with van der Waals surface area (Å²) in [4.78, 5) is 22.1. The number of nitro groups is 1. The number of carbonyl (C=O) groups is 1. The van der Waals surface area contributed by atoms with Crippen molar-refractivity contribution in [3.63, 3.8) is 0 Å². The number of nitro benzene ring substituents is 1. The number of non-ortho nitro benzene ring substituents is 1. The molecule has 1 aromatic heterocycles. The predicted octanol–water partition coefficient (Wildman–Crippen LogP) is 4.59. The quantitative estimate of drug-likeness (QED) is 0.358. The van der Waals surface area contributed by atoms with Crippen LogP contribution in [0.25, 0.3) is 11.3 Å². The fourth-order valence-electron chi connectivity index (χ4n) is 2.51. The van der Waals surface area contributed by atoms with Crippen LogP contribution in [0.2, 0.25) is 5.02 Å². The van der Waals surface area contributed by atoms with E-state index in [1.165, 1.54) is 24.4 Å². The Labute approximate surface area is 165 Å². The number of furan rings is 1. The Balaban J connectivity index is 1.57. The Morgan fingerprint density at radius 3 is 2.68 bits per heavy atom. The second kappa shape index (κ2) is 8.96. The lowest BCUT2D eigenvalue weighted by Gasteiger charge is -2.01. The van der Waals surface area contributed by atoms with Crippen LogP contribution in [-0.2, 0) is 11.2 Å². The Kier molecular flexibility index (Phi) is 6.18. The second-order valence-corrected chi connectivity index (χ2v) is 6.31. The average molecular weight is 398 g/mol. The number of hydrogen-bond donors (Lipinski definition) is 1. The summed E-state index contributed by atoms with van der Waals surface area (Å²) in [6, 6.07) is 17.2. The van der Waals surface area contributed by atoms with E-state index in [0.29, 0.717) is 29.9 Å². The zero-order valence-corrected chi connectivity index (χ0v) is 15.4. The first-order valence-corrected chi connectivity index (χ1v) is 8.81. The normalized spacial score (nSPS) is 10.9. The summed E-state index contributed by atoms with van der Waals surface area (Å²) in [5.41, 5.74) is 3.96. The van der Waals surface area contributed by atoms with E-state index in [4.69, 9.17) is 16.0 Å². The summed E-state index contributed by atoms with van der Waals surface area (Å²) in [6.07, 6.45) is 2.33. The molecule has 0 radical (unpaired) electrons. The van der Waals surface area contributed by atoms with Gasteiger partial charge in [-0.3, -0.25) is 14.9 Å². The molecule has 3 rings (SSSR count). The molecule has 1 N–H and O–H groups in total. The van der Waals surface area contributed by atoms with E-state index < -0.39 is 4.92 Å². The molecular formula is C20H16ClN3O4. The molecule has 0 atom stereocenters. The minimum Gasteiger partial charge on any atom is -0.455 e. The van der Waals surface area contributed by atoms with Gasteiger partial charge in [0, 0.05) is 24.1 Å². The first-order valence-electron chi connectivity index (χ1n) is 8.43. The van der Waals surface area contributed by atoms with Gasteiger partial charge in [0.15, 0.2) is 0 Å². The summed E-state index contributed by atoms with van der Waals surface area (Å²) in [5.74, 6) is 0.648. The highest BCUT2D eigenvalue weighted by molar-refractivity contribution is 6.33. The zero-order chi connectivity index (χ0) is 19.9. The summed E-state index contributed by atoms with van der Waals surface area (Å²) < 4.78 is 5.61. The van der Waals surface area contributed by atoms with E-state index in [2.05, 4.69) is 10.5 Å². The van der Waals surface area contributed by atoms with Crippen LogP contribution in [0.4, 0.5) is 5.69 Å². The van der Waals surface area contributed by atoms with Crippen molar-refractivity contribution in [1.82, 2.24) is 5.43 Å². The van der Waals surface area contributed by atoms with E-state index in [0.717, 1.165) is 5.56 Å². The molecule has 0 unspecified atom stereocenters. The lowest BCUT2D eigenvalue weighted by Crippen LogP contribution is -2.17. The molecule has 0 spiro atoms. The molecular weight excluding hydrogens is 382 g/mol. The lowest BCUT2D eigenvalue weighted by atomic mass is 10.1. The molecule has 0 bridgehead atoms. The lowest BCUT2D eigenvalue weighted by molar-refractivity contribution is -0.384. The second-order valence-electron chi connectivity index (χ2n) is 5.90. The first-order chi connectivity index (χ1) is 13.5. The SMILES string of the molecule is O=C(CCc1ccccc1)N/N=C/c1ccc(-c2ccc([N+](=O)[O-])cc2Cl)o1. The molecule has 7 nitrogen and oxygen atoms in total. The number of halogens is 1. The number of hydrazone groups is 1. The van der Waals surface area contributed by atoms with Gasteiger partial charge in [-0.15, -0.1) is 0 Å². The summed E-state index contributed by atoms with van der Waals surface area (Å²) in [7, 11) is 0. The zero-order valence-electron chi connectivity index (χ0n) is 14.7. The highest BCUT2D eigenvalue weighted by Gasteiger charge is 2.13. The standard InChI is InChI=1S/C20H16ClN3O4/c21-18-12-15(24(26)27)7-9-17(18)19-10-8-16(28-19)13-22-23-20(25)11-6-14-4-2-1-3-5-14/h1-5,7-10,12-13H,6,11H2,(H,23,25)/b22-13+. The molecule has 0 aliphatic heterocycles. The summed E-state index contributed by atoms with van der Waals surface area (Å²) >= 11 is 6.09. The van der Waals surface area contributed by atoms with Gasteiger partial charge in [0.25, 0.3) is 5.69 Å². The number of rotatable bonds is 7. The number of benzene rings is 2. The third-order valence-corrected chi connectivity index (χ3v) is 4.23. The smallest absolute Gasteiger partial charge is 0.270 e.